The summed E-state index contributed by atoms with van der Waals surface area (Å²) >= 11 is 5.97. The maximum absolute atomic E-state index is 8.73. The molecule has 0 amide bonds. The largest absolute Gasteiger partial charge is 0.451 e. The SMILES string of the molecule is OB(O)CCCCCn1cnc2ccc(Cl)cc21. The Morgan fingerprint density at radius 2 is 2.06 bits per heavy atom. The minimum atomic E-state index is -1.18. The molecule has 0 unspecified atom stereocenters. The number of benzene rings is 1. The molecule has 0 fully saturated rings. The first-order valence-electron chi connectivity index (χ1n) is 6.13. The molecular formula is C12H16BClN2O2. The van der Waals surface area contributed by atoms with Gasteiger partial charge in [-0.1, -0.05) is 24.4 Å². The van der Waals surface area contributed by atoms with E-state index in [2.05, 4.69) is 9.55 Å². The lowest BCUT2D eigenvalue weighted by Crippen LogP contribution is -2.09. The molecular weight excluding hydrogens is 250 g/mol. The number of nitrogens with zero attached hydrogens (tertiary/aromatic N) is 2. The van der Waals surface area contributed by atoms with Crippen LogP contribution in [0.2, 0.25) is 11.3 Å². The molecule has 0 saturated heterocycles. The summed E-state index contributed by atoms with van der Waals surface area (Å²) < 4.78 is 2.08. The van der Waals surface area contributed by atoms with Crippen molar-refractivity contribution in [2.24, 2.45) is 0 Å². The minimum Gasteiger partial charge on any atom is -0.427 e. The van der Waals surface area contributed by atoms with Gasteiger partial charge in [0, 0.05) is 11.6 Å². The summed E-state index contributed by atoms with van der Waals surface area (Å²) in [5, 5.41) is 18.2. The van der Waals surface area contributed by atoms with Gasteiger partial charge in [0.2, 0.25) is 0 Å². The average molecular weight is 267 g/mol. The predicted octanol–water partition coefficient (Wildman–Crippen LogP) is 2.33. The van der Waals surface area contributed by atoms with E-state index in [1.54, 1.807) is 0 Å². The standard InChI is InChI=1S/C12H16BClN2O2/c14-10-4-5-11-12(8-10)16(9-15-11)7-3-1-2-6-13(17)18/h4-5,8-9,17-18H,1-3,6-7H2. The van der Waals surface area contributed by atoms with Crippen molar-refractivity contribution in [3.05, 3.63) is 29.5 Å². The van der Waals surface area contributed by atoms with Gasteiger partial charge in [0.15, 0.2) is 0 Å². The van der Waals surface area contributed by atoms with Crippen LogP contribution >= 0.6 is 11.6 Å². The molecule has 0 radical (unpaired) electrons. The summed E-state index contributed by atoms with van der Waals surface area (Å²) in [4.78, 5) is 4.31. The number of halogens is 1. The van der Waals surface area contributed by atoms with Gasteiger partial charge in [-0.2, -0.15) is 0 Å². The predicted molar refractivity (Wildman–Crippen MR) is 73.6 cm³/mol. The van der Waals surface area contributed by atoms with Gasteiger partial charge in [0.25, 0.3) is 0 Å². The van der Waals surface area contributed by atoms with Crippen molar-refractivity contribution >= 4 is 29.8 Å². The molecule has 1 aromatic heterocycles. The van der Waals surface area contributed by atoms with E-state index in [0.717, 1.165) is 36.8 Å². The third-order valence-corrected chi connectivity index (χ3v) is 3.18. The normalized spacial score (nSPS) is 11.1. The van der Waals surface area contributed by atoms with Crippen LogP contribution in [0.4, 0.5) is 0 Å². The number of imidazole rings is 1. The molecule has 2 aromatic rings. The quantitative estimate of drug-likeness (QED) is 0.623. The molecule has 96 valence electrons. The molecule has 0 aliphatic rings. The Labute approximate surface area is 111 Å². The van der Waals surface area contributed by atoms with Crippen LogP contribution in [0.25, 0.3) is 11.0 Å². The van der Waals surface area contributed by atoms with E-state index in [1.807, 2.05) is 24.5 Å². The maximum Gasteiger partial charge on any atom is 0.451 e. The highest BCUT2D eigenvalue weighted by atomic mass is 35.5. The first-order valence-corrected chi connectivity index (χ1v) is 6.51. The van der Waals surface area contributed by atoms with Crippen LogP contribution in [0.5, 0.6) is 0 Å². The molecule has 2 rings (SSSR count). The number of aromatic nitrogens is 2. The second-order valence-corrected chi connectivity index (χ2v) is 4.84. The number of rotatable bonds is 6. The van der Waals surface area contributed by atoms with Crippen LogP contribution in [0.15, 0.2) is 24.5 Å². The Bertz CT molecular complexity index is 516. The molecule has 0 spiro atoms. The van der Waals surface area contributed by atoms with Crippen LogP contribution in [0.1, 0.15) is 19.3 Å². The van der Waals surface area contributed by atoms with E-state index < -0.39 is 7.12 Å². The second kappa shape index (κ2) is 6.23. The van der Waals surface area contributed by atoms with Gasteiger partial charge >= 0.3 is 7.12 Å². The Hall–Kier alpha value is -1.04. The van der Waals surface area contributed by atoms with Crippen LogP contribution < -0.4 is 0 Å². The van der Waals surface area contributed by atoms with E-state index in [1.165, 1.54) is 0 Å². The van der Waals surface area contributed by atoms with Crippen LogP contribution in [0.3, 0.4) is 0 Å². The number of unbranched alkanes of at least 4 members (excludes halogenated alkanes) is 2. The van der Waals surface area contributed by atoms with Crippen molar-refractivity contribution in [3.8, 4) is 0 Å². The molecule has 0 aliphatic heterocycles. The minimum absolute atomic E-state index is 0.441. The lowest BCUT2D eigenvalue weighted by molar-refractivity contribution is 0.401. The monoisotopic (exact) mass is 266 g/mol. The van der Waals surface area contributed by atoms with Crippen molar-refractivity contribution in [2.75, 3.05) is 0 Å². The fourth-order valence-electron chi connectivity index (χ4n) is 1.99. The maximum atomic E-state index is 8.73. The summed E-state index contributed by atoms with van der Waals surface area (Å²) in [6.45, 7) is 0.873. The summed E-state index contributed by atoms with van der Waals surface area (Å²) in [6.07, 6.45) is 5.05. The zero-order chi connectivity index (χ0) is 13.0. The number of fused-ring (bicyclic) bond motifs is 1. The Morgan fingerprint density at radius 1 is 1.22 bits per heavy atom. The van der Waals surface area contributed by atoms with Gasteiger partial charge < -0.3 is 14.6 Å². The highest BCUT2D eigenvalue weighted by Gasteiger charge is 2.06. The lowest BCUT2D eigenvalue weighted by Gasteiger charge is -2.04. The van der Waals surface area contributed by atoms with Crippen molar-refractivity contribution in [1.29, 1.82) is 0 Å². The molecule has 6 heteroatoms. The Kier molecular flexibility index (Phi) is 4.63. The molecule has 2 N–H and O–H groups in total. The summed E-state index contributed by atoms with van der Waals surface area (Å²) in [5.74, 6) is 0. The summed E-state index contributed by atoms with van der Waals surface area (Å²) in [6, 6.07) is 5.67. The van der Waals surface area contributed by atoms with Gasteiger partial charge in [-0.15, -0.1) is 0 Å². The fraction of sp³-hybridized carbons (Fsp3) is 0.417. The zero-order valence-electron chi connectivity index (χ0n) is 10.1. The van der Waals surface area contributed by atoms with E-state index in [4.69, 9.17) is 21.6 Å². The van der Waals surface area contributed by atoms with E-state index >= 15 is 0 Å². The summed E-state index contributed by atoms with van der Waals surface area (Å²) in [5.41, 5.74) is 2.00. The van der Waals surface area contributed by atoms with E-state index in [0.29, 0.717) is 11.3 Å². The van der Waals surface area contributed by atoms with E-state index in [-0.39, 0.29) is 0 Å². The Balaban J connectivity index is 1.89. The average Bonchev–Trinajstić information content (AvgIpc) is 2.71. The van der Waals surface area contributed by atoms with Gasteiger partial charge in [0.05, 0.1) is 17.4 Å². The van der Waals surface area contributed by atoms with Crippen molar-refractivity contribution < 1.29 is 10.0 Å². The third kappa shape index (κ3) is 3.48. The highest BCUT2D eigenvalue weighted by molar-refractivity contribution is 6.40. The summed E-state index contributed by atoms with van der Waals surface area (Å²) in [7, 11) is -1.18. The van der Waals surface area contributed by atoms with Gasteiger partial charge in [-0.25, -0.2) is 4.98 Å². The van der Waals surface area contributed by atoms with Gasteiger partial charge in [-0.3, -0.25) is 0 Å². The Morgan fingerprint density at radius 3 is 2.83 bits per heavy atom. The lowest BCUT2D eigenvalue weighted by atomic mass is 9.83. The number of hydrogen-bond donors (Lipinski definition) is 2. The van der Waals surface area contributed by atoms with Gasteiger partial charge in [-0.05, 0) is 30.9 Å². The molecule has 1 aromatic carbocycles. The molecule has 0 saturated carbocycles. The van der Waals surface area contributed by atoms with Crippen LogP contribution in [-0.2, 0) is 6.54 Å². The molecule has 0 aliphatic carbocycles. The number of hydrogen-bond acceptors (Lipinski definition) is 3. The van der Waals surface area contributed by atoms with Crippen molar-refractivity contribution in [2.45, 2.75) is 32.1 Å². The molecule has 1 heterocycles. The van der Waals surface area contributed by atoms with Crippen LogP contribution in [0, 0.1) is 0 Å². The zero-order valence-corrected chi connectivity index (χ0v) is 10.8. The van der Waals surface area contributed by atoms with Crippen molar-refractivity contribution in [3.63, 3.8) is 0 Å². The third-order valence-electron chi connectivity index (χ3n) is 2.94. The van der Waals surface area contributed by atoms with Gasteiger partial charge in [0.1, 0.15) is 0 Å². The van der Waals surface area contributed by atoms with Crippen LogP contribution in [-0.4, -0.2) is 26.7 Å². The van der Waals surface area contributed by atoms with E-state index in [9.17, 15) is 0 Å². The molecule has 18 heavy (non-hydrogen) atoms. The highest BCUT2D eigenvalue weighted by Crippen LogP contribution is 2.19. The first-order chi connectivity index (χ1) is 8.66. The topological polar surface area (TPSA) is 58.3 Å². The van der Waals surface area contributed by atoms with Crippen molar-refractivity contribution in [1.82, 2.24) is 9.55 Å². The molecule has 0 bridgehead atoms. The molecule has 4 nitrogen and oxygen atoms in total. The molecule has 0 atom stereocenters. The smallest absolute Gasteiger partial charge is 0.427 e. The first kappa shape index (κ1) is 13.4. The second-order valence-electron chi connectivity index (χ2n) is 4.40. The number of aryl methyl sites for hydroxylation is 1. The fourth-order valence-corrected chi connectivity index (χ4v) is 2.16.